The van der Waals surface area contributed by atoms with Crippen LogP contribution in [0.15, 0.2) is 83.7 Å². The van der Waals surface area contributed by atoms with Crippen molar-refractivity contribution in [1.29, 1.82) is 0 Å². The predicted octanol–water partition coefficient (Wildman–Crippen LogP) is 3.84. The van der Waals surface area contributed by atoms with E-state index >= 15 is 0 Å². The number of fused-ring (bicyclic) bond motifs is 1. The molecule has 0 saturated carbocycles. The molecule has 1 aromatic heterocycles. The lowest BCUT2D eigenvalue weighted by molar-refractivity contribution is 0.102. The van der Waals surface area contributed by atoms with E-state index in [1.54, 1.807) is 24.3 Å². The van der Waals surface area contributed by atoms with Crippen LogP contribution >= 0.6 is 0 Å². The number of hydrogen-bond acceptors (Lipinski definition) is 3. The predicted molar refractivity (Wildman–Crippen MR) is 106 cm³/mol. The zero-order valence-electron chi connectivity index (χ0n) is 14.8. The zero-order valence-corrected chi connectivity index (χ0v) is 14.8. The number of rotatable bonds is 4. The van der Waals surface area contributed by atoms with Gasteiger partial charge in [0, 0.05) is 11.1 Å². The van der Waals surface area contributed by atoms with Crippen molar-refractivity contribution in [1.82, 2.24) is 9.78 Å². The number of anilines is 1. The Labute approximate surface area is 160 Å². The van der Waals surface area contributed by atoms with Crippen LogP contribution in [0.2, 0.25) is 0 Å². The van der Waals surface area contributed by atoms with Crippen molar-refractivity contribution in [3.8, 4) is 0 Å². The first-order chi connectivity index (χ1) is 13.6. The molecular weight excluding hydrogens is 357 g/mol. The summed E-state index contributed by atoms with van der Waals surface area (Å²) < 4.78 is 14.4. The summed E-state index contributed by atoms with van der Waals surface area (Å²) in [5.74, 6) is -0.859. The number of hydrogen-bond donors (Lipinski definition) is 1. The fourth-order valence-electron chi connectivity index (χ4n) is 2.99. The van der Waals surface area contributed by atoms with Gasteiger partial charge in [0.05, 0.1) is 11.9 Å². The smallest absolute Gasteiger partial charge is 0.276 e. The average Bonchev–Trinajstić information content (AvgIpc) is 2.72. The molecule has 5 nitrogen and oxygen atoms in total. The summed E-state index contributed by atoms with van der Waals surface area (Å²) in [6, 6.07) is 21.8. The van der Waals surface area contributed by atoms with Crippen LogP contribution in [-0.4, -0.2) is 15.7 Å². The second kappa shape index (κ2) is 7.44. The Morgan fingerprint density at radius 1 is 0.893 bits per heavy atom. The largest absolute Gasteiger partial charge is 0.321 e. The van der Waals surface area contributed by atoms with Crippen LogP contribution in [0.1, 0.15) is 16.1 Å². The van der Waals surface area contributed by atoms with Crippen molar-refractivity contribution in [2.45, 2.75) is 6.54 Å². The molecule has 3 aromatic carbocycles. The number of carbonyl (C=O) groups excluding carboxylic acids is 1. The van der Waals surface area contributed by atoms with Crippen LogP contribution in [0.3, 0.4) is 0 Å². The van der Waals surface area contributed by atoms with Gasteiger partial charge >= 0.3 is 0 Å². The lowest BCUT2D eigenvalue weighted by Gasteiger charge is -2.11. The molecule has 1 amide bonds. The quantitative estimate of drug-likeness (QED) is 0.591. The van der Waals surface area contributed by atoms with E-state index in [1.807, 2.05) is 30.3 Å². The lowest BCUT2D eigenvalue weighted by atomic mass is 10.1. The molecule has 0 fully saturated rings. The van der Waals surface area contributed by atoms with E-state index in [2.05, 4.69) is 10.4 Å². The molecule has 0 atom stereocenters. The molecule has 0 radical (unpaired) electrons. The minimum Gasteiger partial charge on any atom is -0.321 e. The van der Waals surface area contributed by atoms with Crippen molar-refractivity contribution >= 4 is 22.4 Å². The standard InChI is InChI=1S/C22H16FN3O2/c23-16-10-12-17(13-11-16)24-21(27)20-18-8-4-5-9-19(18)22(28)26(25-20)14-15-6-2-1-3-7-15/h1-13H,14H2,(H,24,27). The highest BCUT2D eigenvalue weighted by molar-refractivity contribution is 6.11. The molecule has 0 aliphatic rings. The van der Waals surface area contributed by atoms with Gasteiger partial charge in [0.2, 0.25) is 0 Å². The molecule has 28 heavy (non-hydrogen) atoms. The first-order valence-corrected chi connectivity index (χ1v) is 8.72. The highest BCUT2D eigenvalue weighted by atomic mass is 19.1. The van der Waals surface area contributed by atoms with Crippen LogP contribution in [0.25, 0.3) is 10.8 Å². The summed E-state index contributed by atoms with van der Waals surface area (Å²) in [7, 11) is 0. The van der Waals surface area contributed by atoms with Crippen LogP contribution in [-0.2, 0) is 6.54 Å². The normalized spacial score (nSPS) is 10.8. The van der Waals surface area contributed by atoms with Crippen molar-refractivity contribution < 1.29 is 9.18 Å². The number of amides is 1. The molecule has 0 aliphatic carbocycles. The van der Waals surface area contributed by atoms with Gasteiger partial charge in [-0.05, 0) is 35.9 Å². The van der Waals surface area contributed by atoms with Gasteiger partial charge < -0.3 is 5.32 Å². The van der Waals surface area contributed by atoms with Gasteiger partial charge in [0.1, 0.15) is 5.82 Å². The van der Waals surface area contributed by atoms with Gasteiger partial charge in [-0.2, -0.15) is 5.10 Å². The number of benzene rings is 3. The van der Waals surface area contributed by atoms with Gasteiger partial charge in [-0.1, -0.05) is 48.5 Å². The number of nitrogens with one attached hydrogen (secondary N) is 1. The van der Waals surface area contributed by atoms with Crippen molar-refractivity contribution in [3.05, 3.63) is 106 Å². The van der Waals surface area contributed by atoms with Gasteiger partial charge in [-0.3, -0.25) is 9.59 Å². The summed E-state index contributed by atoms with van der Waals surface area (Å²) in [5, 5.41) is 7.92. The van der Waals surface area contributed by atoms with E-state index in [0.717, 1.165) is 5.56 Å². The Morgan fingerprint density at radius 2 is 1.54 bits per heavy atom. The first kappa shape index (κ1) is 17.6. The highest BCUT2D eigenvalue weighted by Gasteiger charge is 2.17. The Bertz CT molecular complexity index is 1200. The Balaban J connectivity index is 1.78. The zero-order chi connectivity index (χ0) is 19.5. The number of aromatic nitrogens is 2. The van der Waals surface area contributed by atoms with E-state index in [0.29, 0.717) is 16.5 Å². The van der Waals surface area contributed by atoms with Crippen LogP contribution in [0.5, 0.6) is 0 Å². The topological polar surface area (TPSA) is 64.0 Å². The molecule has 138 valence electrons. The van der Waals surface area contributed by atoms with Crippen LogP contribution in [0, 0.1) is 5.82 Å². The highest BCUT2D eigenvalue weighted by Crippen LogP contribution is 2.16. The third-order valence-electron chi connectivity index (χ3n) is 4.36. The molecule has 0 bridgehead atoms. The molecule has 1 heterocycles. The third kappa shape index (κ3) is 3.53. The summed E-state index contributed by atoms with van der Waals surface area (Å²) in [6.45, 7) is 0.251. The molecular formula is C22H16FN3O2. The molecule has 0 aliphatic heterocycles. The minimum absolute atomic E-state index is 0.135. The van der Waals surface area contributed by atoms with Crippen molar-refractivity contribution in [2.75, 3.05) is 5.32 Å². The summed E-state index contributed by atoms with van der Waals surface area (Å²) in [5.41, 5.74) is 1.21. The fourth-order valence-corrected chi connectivity index (χ4v) is 2.99. The van der Waals surface area contributed by atoms with Crippen molar-refractivity contribution in [2.24, 2.45) is 0 Å². The third-order valence-corrected chi connectivity index (χ3v) is 4.36. The van der Waals surface area contributed by atoms with Gasteiger partial charge in [0.15, 0.2) is 5.69 Å². The maximum Gasteiger partial charge on any atom is 0.276 e. The van der Waals surface area contributed by atoms with Gasteiger partial charge in [-0.25, -0.2) is 9.07 Å². The first-order valence-electron chi connectivity index (χ1n) is 8.72. The Kier molecular flexibility index (Phi) is 4.68. The number of nitrogens with zero attached hydrogens (tertiary/aromatic N) is 2. The molecule has 0 saturated heterocycles. The van der Waals surface area contributed by atoms with E-state index in [4.69, 9.17) is 0 Å². The van der Waals surface area contributed by atoms with Gasteiger partial charge in [0.25, 0.3) is 11.5 Å². The second-order valence-corrected chi connectivity index (χ2v) is 6.30. The molecule has 1 N–H and O–H groups in total. The van der Waals surface area contributed by atoms with Crippen LogP contribution in [0.4, 0.5) is 10.1 Å². The fraction of sp³-hybridized carbons (Fsp3) is 0.0455. The molecule has 4 aromatic rings. The molecule has 0 spiro atoms. The number of halogens is 1. The maximum absolute atomic E-state index is 13.1. The monoisotopic (exact) mass is 373 g/mol. The molecule has 0 unspecified atom stereocenters. The molecule has 4 rings (SSSR count). The minimum atomic E-state index is -0.468. The van der Waals surface area contributed by atoms with Gasteiger partial charge in [-0.15, -0.1) is 0 Å². The lowest BCUT2D eigenvalue weighted by Crippen LogP contribution is -2.28. The average molecular weight is 373 g/mol. The Morgan fingerprint density at radius 3 is 2.25 bits per heavy atom. The Hall–Kier alpha value is -3.80. The van der Waals surface area contributed by atoms with E-state index in [-0.39, 0.29) is 17.8 Å². The van der Waals surface area contributed by atoms with E-state index in [1.165, 1.54) is 28.9 Å². The second-order valence-electron chi connectivity index (χ2n) is 6.30. The van der Waals surface area contributed by atoms with Crippen molar-refractivity contribution in [3.63, 3.8) is 0 Å². The maximum atomic E-state index is 13.1. The summed E-state index contributed by atoms with van der Waals surface area (Å²) in [6.07, 6.45) is 0. The summed E-state index contributed by atoms with van der Waals surface area (Å²) in [4.78, 5) is 25.7. The van der Waals surface area contributed by atoms with Crippen LogP contribution < -0.4 is 10.9 Å². The number of carbonyl (C=O) groups is 1. The van der Waals surface area contributed by atoms with E-state index in [9.17, 15) is 14.0 Å². The summed E-state index contributed by atoms with van der Waals surface area (Å²) >= 11 is 0. The molecule has 6 heteroatoms. The van der Waals surface area contributed by atoms with E-state index < -0.39 is 11.7 Å². The SMILES string of the molecule is O=C(Nc1ccc(F)cc1)c1nn(Cc2ccccc2)c(=O)c2ccccc12.